The molecule has 19 heteroatoms. The lowest BCUT2D eigenvalue weighted by Crippen LogP contribution is -2.15. The van der Waals surface area contributed by atoms with Gasteiger partial charge in [-0.1, -0.05) is 0 Å². The van der Waals surface area contributed by atoms with E-state index >= 15 is 0 Å². The zero-order valence-corrected chi connectivity index (χ0v) is 19.7. The van der Waals surface area contributed by atoms with Gasteiger partial charge in [-0.05, 0) is 36.4 Å². The van der Waals surface area contributed by atoms with E-state index < -0.39 is 93.1 Å². The average molecular weight is 632 g/mol. The summed E-state index contributed by atoms with van der Waals surface area (Å²) < 4.78 is 211. The molecule has 0 amide bonds. The summed E-state index contributed by atoms with van der Waals surface area (Å²) >= 11 is 0. The van der Waals surface area contributed by atoms with Gasteiger partial charge in [-0.15, -0.1) is 0 Å². The first kappa shape index (κ1) is 32.3. The summed E-state index contributed by atoms with van der Waals surface area (Å²) in [5.41, 5.74) is -2.68. The second-order valence-corrected chi connectivity index (χ2v) is 8.23. The third-order valence-electron chi connectivity index (χ3n) is 5.19. The Morgan fingerprint density at radius 3 is 1.19 bits per heavy atom. The van der Waals surface area contributed by atoms with E-state index in [4.69, 9.17) is 16.2 Å². The number of anilines is 2. The summed E-state index contributed by atoms with van der Waals surface area (Å²) in [4.78, 5) is 0. The van der Waals surface area contributed by atoms with Gasteiger partial charge in [0, 0.05) is 17.4 Å². The van der Waals surface area contributed by atoms with E-state index in [1.807, 2.05) is 0 Å². The van der Waals surface area contributed by atoms with E-state index in [2.05, 4.69) is 4.74 Å². The van der Waals surface area contributed by atoms with Gasteiger partial charge in [0.25, 0.3) is 0 Å². The van der Waals surface area contributed by atoms with Crippen molar-refractivity contribution in [2.24, 2.45) is 0 Å². The van der Waals surface area contributed by atoms with Crippen molar-refractivity contribution in [2.45, 2.75) is 30.9 Å². The molecule has 0 unspecified atom stereocenters. The van der Waals surface area contributed by atoms with E-state index in [1.54, 1.807) is 0 Å². The van der Waals surface area contributed by atoms with Gasteiger partial charge in [0.05, 0.1) is 16.7 Å². The van der Waals surface area contributed by atoms with Crippen LogP contribution in [-0.2, 0) is 30.9 Å². The van der Waals surface area contributed by atoms with Gasteiger partial charge in [-0.25, -0.2) is 0 Å². The fourth-order valence-corrected chi connectivity index (χ4v) is 3.50. The highest BCUT2D eigenvalue weighted by atomic mass is 19.4. The van der Waals surface area contributed by atoms with Crippen LogP contribution in [0.2, 0.25) is 0 Å². The third-order valence-corrected chi connectivity index (χ3v) is 5.19. The Morgan fingerprint density at radius 2 is 0.833 bits per heavy atom. The summed E-state index contributed by atoms with van der Waals surface area (Å²) in [6.45, 7) is 0. The van der Waals surface area contributed by atoms with Gasteiger partial charge < -0.3 is 20.9 Å². The number of halogens is 15. The molecule has 0 atom stereocenters. The number of hydrogen-bond donors (Lipinski definition) is 2. The van der Waals surface area contributed by atoms with Gasteiger partial charge in [0.1, 0.15) is 34.1 Å². The summed E-state index contributed by atoms with van der Waals surface area (Å²) in [5.74, 6) is -6.48. The number of alkyl halides is 15. The molecule has 0 aliphatic heterocycles. The van der Waals surface area contributed by atoms with Crippen molar-refractivity contribution in [1.82, 2.24) is 0 Å². The lowest BCUT2D eigenvalue weighted by Gasteiger charge is -2.21. The van der Waals surface area contributed by atoms with Crippen LogP contribution in [0.15, 0.2) is 42.5 Å². The first-order chi connectivity index (χ1) is 18.8. The number of ether oxygens (including phenoxy) is 2. The van der Waals surface area contributed by atoms with Crippen molar-refractivity contribution in [2.75, 3.05) is 11.5 Å². The van der Waals surface area contributed by atoms with Crippen molar-refractivity contribution in [3.8, 4) is 23.0 Å². The molecule has 0 heterocycles. The molecular weight excluding hydrogens is 621 g/mol. The smallest absolute Gasteiger partial charge is 0.421 e. The molecule has 3 aromatic rings. The largest absolute Gasteiger partial charge is 0.456 e. The van der Waals surface area contributed by atoms with Crippen LogP contribution in [0, 0.1) is 0 Å². The molecular formula is C23H11F15N2O2. The summed E-state index contributed by atoms with van der Waals surface area (Å²) in [7, 11) is 0. The Bertz CT molecular complexity index is 1480. The van der Waals surface area contributed by atoms with Gasteiger partial charge in [0.15, 0.2) is 0 Å². The monoisotopic (exact) mass is 632 g/mol. The molecule has 42 heavy (non-hydrogen) atoms. The van der Waals surface area contributed by atoms with Crippen LogP contribution >= 0.6 is 0 Å². The average Bonchev–Trinajstić information content (AvgIpc) is 2.74. The van der Waals surface area contributed by atoms with Gasteiger partial charge >= 0.3 is 30.9 Å². The number of benzene rings is 3. The summed E-state index contributed by atoms with van der Waals surface area (Å²) in [5, 5.41) is 0. The SMILES string of the molecule is Nc1cc(C(F)(F)F)cc(Oc2ccc(C(F)(F)F)c(Oc3cc(C(F)(F)F)cc(N)c3C(F)(F)F)c2)c1C(F)(F)F. The normalized spacial score (nSPS) is 13.3. The first-order valence-corrected chi connectivity index (χ1v) is 10.5. The minimum atomic E-state index is -5.59. The lowest BCUT2D eigenvalue weighted by atomic mass is 10.1. The Hall–Kier alpha value is -4.19. The number of rotatable bonds is 4. The molecule has 0 bridgehead atoms. The van der Waals surface area contributed by atoms with Crippen molar-refractivity contribution in [3.63, 3.8) is 0 Å². The molecule has 0 spiro atoms. The van der Waals surface area contributed by atoms with E-state index in [9.17, 15) is 65.9 Å². The van der Waals surface area contributed by atoms with Crippen molar-refractivity contribution < 1.29 is 75.3 Å². The molecule has 0 aromatic heterocycles. The summed E-state index contributed by atoms with van der Waals surface area (Å²) in [6, 6.07) is -0.564. The molecule has 3 aromatic carbocycles. The highest BCUT2D eigenvalue weighted by Gasteiger charge is 2.43. The Labute approximate surface area is 223 Å². The van der Waals surface area contributed by atoms with Crippen molar-refractivity contribution in [3.05, 3.63) is 70.3 Å². The van der Waals surface area contributed by atoms with Crippen molar-refractivity contribution in [1.29, 1.82) is 0 Å². The van der Waals surface area contributed by atoms with Crippen LogP contribution in [0.25, 0.3) is 0 Å². The second-order valence-electron chi connectivity index (χ2n) is 8.23. The molecule has 230 valence electrons. The van der Waals surface area contributed by atoms with E-state index in [1.165, 1.54) is 0 Å². The molecule has 0 saturated heterocycles. The van der Waals surface area contributed by atoms with Crippen LogP contribution in [0.5, 0.6) is 23.0 Å². The predicted octanol–water partition coefficient (Wildman–Crippen LogP) is 9.53. The molecule has 0 aliphatic carbocycles. The molecule has 0 saturated carbocycles. The van der Waals surface area contributed by atoms with E-state index in [0.717, 1.165) is 0 Å². The minimum Gasteiger partial charge on any atom is -0.456 e. The maximum absolute atomic E-state index is 13.6. The maximum atomic E-state index is 13.6. The molecule has 0 radical (unpaired) electrons. The van der Waals surface area contributed by atoms with Crippen molar-refractivity contribution >= 4 is 11.4 Å². The number of nitrogen functional groups attached to an aromatic ring is 2. The second kappa shape index (κ2) is 10.3. The number of nitrogens with two attached hydrogens (primary N) is 2. The van der Waals surface area contributed by atoms with E-state index in [-0.39, 0.29) is 42.5 Å². The Kier molecular flexibility index (Phi) is 7.90. The quantitative estimate of drug-likeness (QED) is 0.222. The van der Waals surface area contributed by atoms with Gasteiger partial charge in [-0.3, -0.25) is 0 Å². The van der Waals surface area contributed by atoms with Crippen LogP contribution in [-0.4, -0.2) is 0 Å². The standard InChI is InChI=1S/C23H11F15N2O2/c24-19(25,26)8-3-12(39)17(22(33,34)35)15(5-8)41-10-1-2-11(21(30,31)32)14(7-10)42-16-6-9(20(27,28)29)4-13(40)18(16)23(36,37)38/h1-7H,39-40H2. The maximum Gasteiger partial charge on any atom is 0.421 e. The lowest BCUT2D eigenvalue weighted by molar-refractivity contribution is -0.142. The summed E-state index contributed by atoms with van der Waals surface area (Å²) in [6.07, 6.45) is -27.2. The highest BCUT2D eigenvalue weighted by molar-refractivity contribution is 5.62. The zero-order valence-electron chi connectivity index (χ0n) is 19.7. The first-order valence-electron chi connectivity index (χ1n) is 10.5. The predicted molar refractivity (Wildman–Crippen MR) is 113 cm³/mol. The minimum absolute atomic E-state index is 0.00393. The fraction of sp³-hybridized carbons (Fsp3) is 0.217. The number of hydrogen-bond acceptors (Lipinski definition) is 4. The molecule has 4 nitrogen and oxygen atoms in total. The van der Waals surface area contributed by atoms with Gasteiger partial charge in [-0.2, -0.15) is 65.9 Å². The van der Waals surface area contributed by atoms with Crippen LogP contribution in [0.4, 0.5) is 77.2 Å². The van der Waals surface area contributed by atoms with E-state index in [0.29, 0.717) is 0 Å². The Balaban J connectivity index is 2.26. The molecule has 0 aliphatic rings. The fourth-order valence-electron chi connectivity index (χ4n) is 3.50. The Morgan fingerprint density at radius 1 is 0.429 bits per heavy atom. The molecule has 4 N–H and O–H groups in total. The van der Waals surface area contributed by atoms with Crippen LogP contribution < -0.4 is 20.9 Å². The van der Waals surface area contributed by atoms with Gasteiger partial charge in [0.2, 0.25) is 0 Å². The van der Waals surface area contributed by atoms with Crippen LogP contribution in [0.3, 0.4) is 0 Å². The third kappa shape index (κ3) is 6.99. The molecule has 3 rings (SSSR count). The molecule has 0 fully saturated rings. The van der Waals surface area contributed by atoms with Crippen LogP contribution in [0.1, 0.15) is 27.8 Å². The highest BCUT2D eigenvalue weighted by Crippen LogP contribution is 2.49. The topological polar surface area (TPSA) is 70.5 Å². The zero-order chi connectivity index (χ0) is 32.2.